The number of non-ortho nitro benzene ring substituents is 1. The molecule has 1 aromatic heterocycles. The molecule has 152 valence electrons. The number of carbonyl (C=O) groups is 1. The van der Waals surface area contributed by atoms with Crippen LogP contribution in [0.25, 0.3) is 16.6 Å². The molecule has 2 aromatic carbocycles. The monoisotopic (exact) mass is 407 g/mol. The van der Waals surface area contributed by atoms with Crippen molar-refractivity contribution in [2.75, 3.05) is 7.11 Å². The molecule has 0 radical (unpaired) electrons. The highest BCUT2D eigenvalue weighted by Gasteiger charge is 2.35. The zero-order chi connectivity index (χ0) is 21.6. The molecule has 3 aromatic rings. The molecule has 0 atom stereocenters. The number of rotatable bonds is 4. The third-order valence-corrected chi connectivity index (χ3v) is 4.68. The third-order valence-electron chi connectivity index (χ3n) is 4.68. The Morgan fingerprint density at radius 3 is 2.31 bits per heavy atom. The summed E-state index contributed by atoms with van der Waals surface area (Å²) in [5.41, 5.74) is -1.79. The molecule has 0 fully saturated rings. The second-order valence-electron chi connectivity index (χ2n) is 6.92. The Labute approximate surface area is 162 Å². The molecular weight excluding hydrogens is 391 g/mol. The SMILES string of the molecule is COC(=O)C(C)(C)c1ccc(-n2cc3c(C(F)(F)F)cc([N+](=O)[O-])cc3n2)cc1. The van der Waals surface area contributed by atoms with Crippen LogP contribution in [0.2, 0.25) is 0 Å². The molecule has 0 bridgehead atoms. The van der Waals surface area contributed by atoms with Gasteiger partial charge in [-0.2, -0.15) is 18.3 Å². The number of nitro groups is 1. The lowest BCUT2D eigenvalue weighted by atomic mass is 9.85. The van der Waals surface area contributed by atoms with Gasteiger partial charge in [-0.1, -0.05) is 12.1 Å². The number of nitro benzene ring substituents is 1. The van der Waals surface area contributed by atoms with Crippen molar-refractivity contribution in [2.45, 2.75) is 25.4 Å². The standard InChI is InChI=1S/C19H16F3N3O4/c1-18(2,17(26)29-3)11-4-6-12(7-5-11)24-10-14-15(19(20,21)22)8-13(25(27)28)9-16(14)23-24/h4-10H,1-3H3. The van der Waals surface area contributed by atoms with E-state index in [-0.39, 0.29) is 10.9 Å². The van der Waals surface area contributed by atoms with Gasteiger partial charge >= 0.3 is 12.1 Å². The number of fused-ring (bicyclic) bond motifs is 1. The van der Waals surface area contributed by atoms with Crippen molar-refractivity contribution in [3.05, 3.63) is 63.8 Å². The largest absolute Gasteiger partial charge is 0.468 e. The summed E-state index contributed by atoms with van der Waals surface area (Å²) in [4.78, 5) is 22.0. The van der Waals surface area contributed by atoms with Crippen molar-refractivity contribution in [2.24, 2.45) is 0 Å². The molecule has 3 rings (SSSR count). The van der Waals surface area contributed by atoms with E-state index in [0.29, 0.717) is 17.3 Å². The first-order valence-electron chi connectivity index (χ1n) is 8.39. The Bertz CT molecular complexity index is 1100. The highest BCUT2D eigenvalue weighted by molar-refractivity contribution is 5.85. The number of aromatic nitrogens is 2. The van der Waals surface area contributed by atoms with Gasteiger partial charge in [-0.15, -0.1) is 0 Å². The first-order valence-corrected chi connectivity index (χ1v) is 8.39. The smallest absolute Gasteiger partial charge is 0.417 e. The Balaban J connectivity index is 2.09. The third kappa shape index (κ3) is 3.65. The van der Waals surface area contributed by atoms with Crippen molar-refractivity contribution in [1.29, 1.82) is 0 Å². The normalized spacial score (nSPS) is 12.2. The number of ether oxygens (including phenoxy) is 1. The lowest BCUT2D eigenvalue weighted by Gasteiger charge is -2.22. The van der Waals surface area contributed by atoms with E-state index in [4.69, 9.17) is 4.74 Å². The van der Waals surface area contributed by atoms with Crippen LogP contribution in [0.4, 0.5) is 18.9 Å². The number of nitrogens with zero attached hydrogens (tertiary/aromatic N) is 3. The first-order chi connectivity index (χ1) is 13.4. The quantitative estimate of drug-likeness (QED) is 0.363. The van der Waals surface area contributed by atoms with Crippen molar-refractivity contribution >= 4 is 22.6 Å². The van der Waals surface area contributed by atoms with Gasteiger partial charge in [0, 0.05) is 23.7 Å². The predicted molar refractivity (Wildman–Crippen MR) is 97.8 cm³/mol. The van der Waals surface area contributed by atoms with E-state index >= 15 is 0 Å². The molecule has 0 aliphatic rings. The molecule has 0 spiro atoms. The van der Waals surface area contributed by atoms with Crippen molar-refractivity contribution < 1.29 is 27.6 Å². The van der Waals surface area contributed by atoms with Gasteiger partial charge in [0.25, 0.3) is 5.69 Å². The predicted octanol–water partition coefficient (Wildman–Crippen LogP) is 4.40. The summed E-state index contributed by atoms with van der Waals surface area (Å²) in [7, 11) is 1.28. The molecule has 0 N–H and O–H groups in total. The molecule has 29 heavy (non-hydrogen) atoms. The van der Waals surface area contributed by atoms with Gasteiger partial charge in [0.15, 0.2) is 0 Å². The number of halogens is 3. The van der Waals surface area contributed by atoms with Gasteiger partial charge in [0.05, 0.1) is 28.7 Å². The first kappa shape index (κ1) is 20.3. The molecule has 0 saturated carbocycles. The zero-order valence-corrected chi connectivity index (χ0v) is 15.6. The maximum absolute atomic E-state index is 13.4. The van der Waals surface area contributed by atoms with Crippen LogP contribution in [0.5, 0.6) is 0 Å². The van der Waals surface area contributed by atoms with E-state index in [2.05, 4.69) is 5.10 Å². The molecule has 1 heterocycles. The van der Waals surface area contributed by atoms with E-state index in [1.54, 1.807) is 38.1 Å². The Morgan fingerprint density at radius 1 is 1.17 bits per heavy atom. The van der Waals surface area contributed by atoms with Crippen LogP contribution in [0.15, 0.2) is 42.6 Å². The Morgan fingerprint density at radius 2 is 1.79 bits per heavy atom. The fraction of sp³-hybridized carbons (Fsp3) is 0.263. The maximum atomic E-state index is 13.4. The fourth-order valence-corrected chi connectivity index (χ4v) is 2.98. The summed E-state index contributed by atoms with van der Waals surface area (Å²) < 4.78 is 46.1. The van der Waals surface area contributed by atoms with Gasteiger partial charge < -0.3 is 4.74 Å². The van der Waals surface area contributed by atoms with Crippen LogP contribution in [-0.4, -0.2) is 27.8 Å². The lowest BCUT2D eigenvalue weighted by Crippen LogP contribution is -2.30. The molecule has 0 aliphatic heterocycles. The minimum Gasteiger partial charge on any atom is -0.468 e. The molecule has 0 unspecified atom stereocenters. The molecule has 0 saturated heterocycles. The number of hydrogen-bond donors (Lipinski definition) is 0. The average molecular weight is 407 g/mol. The Kier molecular flexibility index (Phi) is 4.81. The second kappa shape index (κ2) is 6.87. The summed E-state index contributed by atoms with van der Waals surface area (Å²) in [6.45, 7) is 3.37. The lowest BCUT2D eigenvalue weighted by molar-refractivity contribution is -0.385. The summed E-state index contributed by atoms with van der Waals surface area (Å²) in [5.74, 6) is -0.433. The summed E-state index contributed by atoms with van der Waals surface area (Å²) in [5, 5.41) is 14.8. The number of methoxy groups -OCH3 is 1. The minimum atomic E-state index is -4.77. The molecule has 10 heteroatoms. The summed E-state index contributed by atoms with van der Waals surface area (Å²) in [6.07, 6.45) is -3.60. The van der Waals surface area contributed by atoms with E-state index in [1.165, 1.54) is 18.0 Å². The van der Waals surface area contributed by atoms with E-state index in [9.17, 15) is 28.1 Å². The van der Waals surface area contributed by atoms with Gasteiger partial charge in [0.1, 0.15) is 5.52 Å². The average Bonchev–Trinajstić information content (AvgIpc) is 3.09. The van der Waals surface area contributed by atoms with Crippen LogP contribution < -0.4 is 0 Å². The number of benzene rings is 2. The van der Waals surface area contributed by atoms with Crippen molar-refractivity contribution in [3.8, 4) is 5.69 Å². The van der Waals surface area contributed by atoms with Gasteiger partial charge in [-0.05, 0) is 31.5 Å². The van der Waals surface area contributed by atoms with Gasteiger partial charge in [-0.25, -0.2) is 4.68 Å². The topological polar surface area (TPSA) is 87.3 Å². The molecule has 7 nitrogen and oxygen atoms in total. The number of alkyl halides is 3. The Hall–Kier alpha value is -3.43. The van der Waals surface area contributed by atoms with Crippen molar-refractivity contribution in [1.82, 2.24) is 9.78 Å². The van der Waals surface area contributed by atoms with Crippen LogP contribution in [0, 0.1) is 10.1 Å². The van der Waals surface area contributed by atoms with Gasteiger partial charge in [-0.3, -0.25) is 14.9 Å². The molecular formula is C19H16F3N3O4. The highest BCUT2D eigenvalue weighted by Crippen LogP contribution is 2.37. The van der Waals surface area contributed by atoms with E-state index in [1.807, 2.05) is 0 Å². The van der Waals surface area contributed by atoms with E-state index < -0.39 is 33.7 Å². The zero-order valence-electron chi connectivity index (χ0n) is 15.6. The van der Waals surface area contributed by atoms with Crippen LogP contribution in [0.1, 0.15) is 25.0 Å². The van der Waals surface area contributed by atoms with E-state index in [0.717, 1.165) is 6.07 Å². The molecule has 0 amide bonds. The van der Waals surface area contributed by atoms with Crippen LogP contribution >= 0.6 is 0 Å². The highest BCUT2D eigenvalue weighted by atomic mass is 19.4. The number of carbonyl (C=O) groups excluding carboxylic acids is 1. The number of esters is 1. The fourth-order valence-electron chi connectivity index (χ4n) is 2.98. The van der Waals surface area contributed by atoms with Crippen LogP contribution in [-0.2, 0) is 21.1 Å². The minimum absolute atomic E-state index is 0.148. The summed E-state index contributed by atoms with van der Waals surface area (Å²) >= 11 is 0. The molecule has 0 aliphatic carbocycles. The second-order valence-corrected chi connectivity index (χ2v) is 6.92. The number of hydrogen-bond acceptors (Lipinski definition) is 5. The summed E-state index contributed by atoms with van der Waals surface area (Å²) in [6, 6.07) is 7.96. The van der Waals surface area contributed by atoms with Crippen molar-refractivity contribution in [3.63, 3.8) is 0 Å². The van der Waals surface area contributed by atoms with Gasteiger partial charge in [0.2, 0.25) is 0 Å². The maximum Gasteiger partial charge on any atom is 0.417 e. The van der Waals surface area contributed by atoms with Crippen LogP contribution in [0.3, 0.4) is 0 Å².